The topological polar surface area (TPSA) is 74.7 Å². The molecule has 1 aliphatic carbocycles. The molecule has 6 nitrogen and oxygen atoms in total. The molecule has 1 aliphatic rings. The third-order valence-corrected chi connectivity index (χ3v) is 8.07. The lowest BCUT2D eigenvalue weighted by Gasteiger charge is -2.25. The molecule has 10 heteroatoms. The summed E-state index contributed by atoms with van der Waals surface area (Å²) in [5.74, 6) is 0.303. The van der Waals surface area contributed by atoms with Gasteiger partial charge in [0.1, 0.15) is 18.1 Å². The lowest BCUT2D eigenvalue weighted by molar-refractivity contribution is -0.0500. The zero-order valence-corrected chi connectivity index (χ0v) is 22.5. The van der Waals surface area contributed by atoms with Crippen LogP contribution in [0.2, 0.25) is 0 Å². The zero-order valence-electron chi connectivity index (χ0n) is 21.6. The van der Waals surface area contributed by atoms with Gasteiger partial charge in [-0.3, -0.25) is 4.98 Å². The monoisotopic (exact) mass is 579 g/mol. The van der Waals surface area contributed by atoms with Gasteiger partial charge in [-0.1, -0.05) is 42.5 Å². The SMILES string of the molecule is O=S(=O)(Oc1ccc2c(c1)CCc1c-2c2ccc(OCCOCc3ccccc3)cc2c2ccncc12)C(F)(F)F. The van der Waals surface area contributed by atoms with Crippen LogP contribution in [0.5, 0.6) is 11.5 Å². The highest BCUT2D eigenvalue weighted by Crippen LogP contribution is 2.45. The van der Waals surface area contributed by atoms with Crippen LogP contribution in [0.4, 0.5) is 13.2 Å². The molecule has 6 rings (SSSR count). The van der Waals surface area contributed by atoms with E-state index in [1.165, 1.54) is 12.1 Å². The first-order valence-corrected chi connectivity index (χ1v) is 14.3. The maximum Gasteiger partial charge on any atom is 0.534 e. The molecule has 1 heterocycles. The van der Waals surface area contributed by atoms with Crippen LogP contribution in [0, 0.1) is 0 Å². The number of ether oxygens (including phenoxy) is 2. The van der Waals surface area contributed by atoms with Gasteiger partial charge in [0.05, 0.1) is 13.2 Å². The van der Waals surface area contributed by atoms with Gasteiger partial charge in [0.2, 0.25) is 0 Å². The summed E-state index contributed by atoms with van der Waals surface area (Å²) in [6, 6.07) is 21.9. The number of nitrogens with zero attached hydrogens (tertiary/aromatic N) is 1. The number of aryl methyl sites for hydroxylation is 2. The molecule has 0 radical (unpaired) electrons. The van der Waals surface area contributed by atoms with Crippen LogP contribution in [0.15, 0.2) is 85.2 Å². The van der Waals surface area contributed by atoms with E-state index in [0.717, 1.165) is 43.8 Å². The van der Waals surface area contributed by atoms with Crippen molar-refractivity contribution in [2.45, 2.75) is 25.0 Å². The van der Waals surface area contributed by atoms with Crippen LogP contribution in [-0.4, -0.2) is 32.1 Å². The minimum Gasteiger partial charge on any atom is -0.491 e. The van der Waals surface area contributed by atoms with Crippen molar-refractivity contribution in [2.75, 3.05) is 13.2 Å². The molecule has 210 valence electrons. The molecule has 0 spiro atoms. The second-order valence-electron chi connectivity index (χ2n) is 9.67. The van der Waals surface area contributed by atoms with Gasteiger partial charge in [-0.25, -0.2) is 0 Å². The average molecular weight is 580 g/mol. The molecule has 41 heavy (non-hydrogen) atoms. The zero-order chi connectivity index (χ0) is 28.6. The molecular weight excluding hydrogens is 555 g/mol. The van der Waals surface area contributed by atoms with Gasteiger partial charge >= 0.3 is 15.6 Å². The van der Waals surface area contributed by atoms with Gasteiger partial charge in [0, 0.05) is 17.8 Å². The molecule has 0 N–H and O–H groups in total. The van der Waals surface area contributed by atoms with Crippen molar-refractivity contribution in [2.24, 2.45) is 0 Å². The van der Waals surface area contributed by atoms with Crippen molar-refractivity contribution in [3.8, 4) is 22.6 Å². The maximum atomic E-state index is 12.9. The molecular formula is C31H24F3NO5S. The number of halogens is 3. The Hall–Kier alpha value is -4.15. The Morgan fingerprint density at radius 2 is 1.61 bits per heavy atom. The quantitative estimate of drug-likeness (QED) is 0.0855. The second kappa shape index (κ2) is 10.7. The van der Waals surface area contributed by atoms with E-state index >= 15 is 0 Å². The van der Waals surface area contributed by atoms with Gasteiger partial charge in [-0.15, -0.1) is 0 Å². The molecule has 0 bridgehead atoms. The lowest BCUT2D eigenvalue weighted by atomic mass is 9.80. The third-order valence-electron chi connectivity index (χ3n) is 7.09. The first-order valence-electron chi connectivity index (χ1n) is 12.9. The summed E-state index contributed by atoms with van der Waals surface area (Å²) in [5, 5.41) is 3.88. The fourth-order valence-electron chi connectivity index (χ4n) is 5.28. The molecule has 0 saturated carbocycles. The van der Waals surface area contributed by atoms with Gasteiger partial charge in [-0.2, -0.15) is 21.6 Å². The predicted molar refractivity (Wildman–Crippen MR) is 149 cm³/mol. The number of alkyl halides is 3. The fraction of sp³-hybridized carbons (Fsp3) is 0.194. The van der Waals surface area contributed by atoms with Crippen molar-refractivity contribution in [1.29, 1.82) is 0 Å². The number of fused-ring (bicyclic) bond motifs is 8. The van der Waals surface area contributed by atoms with Crippen LogP contribution < -0.4 is 8.92 Å². The van der Waals surface area contributed by atoms with Crippen LogP contribution in [0.3, 0.4) is 0 Å². The number of pyridine rings is 1. The second-order valence-corrected chi connectivity index (χ2v) is 11.2. The Bertz CT molecular complexity index is 1860. The van der Waals surface area contributed by atoms with Crippen LogP contribution >= 0.6 is 0 Å². The first-order chi connectivity index (χ1) is 19.7. The van der Waals surface area contributed by atoms with E-state index in [0.29, 0.717) is 44.0 Å². The molecule has 1 aromatic heterocycles. The molecule has 0 unspecified atom stereocenters. The van der Waals surface area contributed by atoms with Crippen LogP contribution in [-0.2, 0) is 34.3 Å². The fourth-order valence-corrected chi connectivity index (χ4v) is 5.73. The highest BCUT2D eigenvalue weighted by Gasteiger charge is 2.48. The van der Waals surface area contributed by atoms with Gasteiger partial charge in [0.15, 0.2) is 0 Å². The number of benzene rings is 4. The summed E-state index contributed by atoms with van der Waals surface area (Å²) >= 11 is 0. The van der Waals surface area contributed by atoms with E-state index in [9.17, 15) is 21.6 Å². The minimum absolute atomic E-state index is 0.370. The molecule has 4 aromatic carbocycles. The van der Waals surface area contributed by atoms with E-state index in [-0.39, 0.29) is 5.75 Å². The number of hydrogen-bond acceptors (Lipinski definition) is 6. The Kier molecular flexibility index (Phi) is 7.04. The summed E-state index contributed by atoms with van der Waals surface area (Å²) < 4.78 is 77.8. The summed E-state index contributed by atoms with van der Waals surface area (Å²) in [7, 11) is -5.76. The van der Waals surface area contributed by atoms with Crippen molar-refractivity contribution in [1.82, 2.24) is 4.98 Å². The predicted octanol–water partition coefficient (Wildman–Crippen LogP) is 6.98. The van der Waals surface area contributed by atoms with Gasteiger partial charge in [-0.05, 0) is 87.1 Å². The van der Waals surface area contributed by atoms with E-state index < -0.39 is 15.6 Å². The molecule has 5 aromatic rings. The average Bonchev–Trinajstić information content (AvgIpc) is 2.96. The van der Waals surface area contributed by atoms with E-state index in [2.05, 4.69) is 9.17 Å². The molecule has 0 aliphatic heterocycles. The number of rotatable bonds is 8. The molecule has 0 saturated heterocycles. The Morgan fingerprint density at radius 3 is 2.41 bits per heavy atom. The van der Waals surface area contributed by atoms with E-state index in [1.807, 2.05) is 60.8 Å². The van der Waals surface area contributed by atoms with Crippen LogP contribution in [0.1, 0.15) is 16.7 Å². The van der Waals surface area contributed by atoms with Crippen molar-refractivity contribution in [3.63, 3.8) is 0 Å². The normalized spacial score (nSPS) is 13.1. The number of hydrogen-bond donors (Lipinski definition) is 0. The molecule has 0 atom stereocenters. The first kappa shape index (κ1) is 27.0. The smallest absolute Gasteiger partial charge is 0.491 e. The summed E-state index contributed by atoms with van der Waals surface area (Å²) in [6.45, 7) is 1.29. The largest absolute Gasteiger partial charge is 0.534 e. The Balaban J connectivity index is 1.32. The minimum atomic E-state index is -5.76. The van der Waals surface area contributed by atoms with Crippen LogP contribution in [0.25, 0.3) is 32.7 Å². The highest BCUT2D eigenvalue weighted by molar-refractivity contribution is 7.88. The summed E-state index contributed by atoms with van der Waals surface area (Å²) in [5.41, 5.74) is -0.901. The maximum absolute atomic E-state index is 12.9. The third kappa shape index (κ3) is 5.32. The molecule has 0 amide bonds. The van der Waals surface area contributed by atoms with Crippen molar-refractivity contribution >= 4 is 31.7 Å². The summed E-state index contributed by atoms with van der Waals surface area (Å²) in [6.07, 6.45) is 4.66. The lowest BCUT2D eigenvalue weighted by Crippen LogP contribution is -2.28. The number of aromatic nitrogens is 1. The Labute approximate surface area is 234 Å². The van der Waals surface area contributed by atoms with Crippen molar-refractivity contribution in [3.05, 3.63) is 102 Å². The highest BCUT2D eigenvalue weighted by atomic mass is 32.2. The molecule has 0 fully saturated rings. The van der Waals surface area contributed by atoms with Crippen molar-refractivity contribution < 1.29 is 35.2 Å². The van der Waals surface area contributed by atoms with Gasteiger partial charge in [0.25, 0.3) is 0 Å². The Morgan fingerprint density at radius 1 is 0.805 bits per heavy atom. The summed E-state index contributed by atoms with van der Waals surface area (Å²) in [4.78, 5) is 4.34. The van der Waals surface area contributed by atoms with E-state index in [4.69, 9.17) is 9.47 Å². The standard InChI is InChI=1S/C31H24F3NO5S/c32-31(33,34)41(36,37)40-23-8-10-24-21(16-23)6-9-27-29-18-35-13-12-25(29)28-17-22(7-11-26(28)30(24)27)39-15-14-38-19-20-4-2-1-3-5-20/h1-5,7-8,10-13,16-18H,6,9,14-15,19H2. The van der Waals surface area contributed by atoms with E-state index in [1.54, 1.807) is 12.3 Å². The van der Waals surface area contributed by atoms with Gasteiger partial charge < -0.3 is 13.7 Å².